The fraction of sp³-hybridized carbons (Fsp3) is 0.619. The van der Waals surface area contributed by atoms with Gasteiger partial charge in [-0.3, -0.25) is 9.59 Å². The van der Waals surface area contributed by atoms with Crippen LogP contribution in [-0.4, -0.2) is 67.3 Å². The van der Waals surface area contributed by atoms with Gasteiger partial charge >= 0.3 is 0 Å². The molecule has 0 unspecified atom stereocenters. The summed E-state index contributed by atoms with van der Waals surface area (Å²) >= 11 is 1.54. The topological polar surface area (TPSA) is 96.0 Å². The Balaban J connectivity index is 1.81. The second-order valence-corrected chi connectivity index (χ2v) is 10.9. The molecule has 0 bridgehead atoms. The normalized spacial score (nSPS) is 21.0. The number of benzene rings is 1. The molecule has 0 spiro atoms. The highest BCUT2D eigenvalue weighted by atomic mass is 32.2. The Bertz CT molecular complexity index is 916. The molecule has 2 aliphatic rings. The Kier molecular flexibility index (Phi) is 7.87. The molecule has 2 fully saturated rings. The number of nitrogens with one attached hydrogen (secondary N) is 1. The number of rotatable bonds is 7. The highest BCUT2D eigenvalue weighted by molar-refractivity contribution is 7.99. The van der Waals surface area contributed by atoms with Crippen molar-refractivity contribution in [3.63, 3.8) is 0 Å². The van der Waals surface area contributed by atoms with Crippen LogP contribution in [0.5, 0.6) is 5.75 Å². The summed E-state index contributed by atoms with van der Waals surface area (Å²) in [5, 5.41) is 2.81. The van der Waals surface area contributed by atoms with Crippen molar-refractivity contribution in [1.82, 2.24) is 9.21 Å². The molecule has 1 N–H and O–H groups in total. The molecule has 2 atom stereocenters. The lowest BCUT2D eigenvalue weighted by atomic mass is 10.1. The summed E-state index contributed by atoms with van der Waals surface area (Å²) < 4.78 is 33.1. The van der Waals surface area contributed by atoms with Crippen molar-refractivity contribution in [3.05, 3.63) is 18.2 Å². The van der Waals surface area contributed by atoms with Crippen molar-refractivity contribution >= 4 is 39.3 Å². The number of ether oxygens (including phenoxy) is 1. The smallest absolute Gasteiger partial charge is 0.248 e. The van der Waals surface area contributed by atoms with Gasteiger partial charge in [0, 0.05) is 30.4 Å². The van der Waals surface area contributed by atoms with Gasteiger partial charge < -0.3 is 15.0 Å². The second kappa shape index (κ2) is 10.2. The summed E-state index contributed by atoms with van der Waals surface area (Å²) in [6.45, 7) is 4.77. The molecule has 1 aromatic carbocycles. The summed E-state index contributed by atoms with van der Waals surface area (Å²) in [5.74, 6) is 0.760. The van der Waals surface area contributed by atoms with E-state index in [1.54, 1.807) is 17.0 Å². The molecule has 3 rings (SSSR count). The van der Waals surface area contributed by atoms with Crippen LogP contribution in [0.4, 0.5) is 5.69 Å². The fourth-order valence-electron chi connectivity index (χ4n) is 3.76. The van der Waals surface area contributed by atoms with E-state index in [0.717, 1.165) is 19.3 Å². The molecule has 172 valence electrons. The monoisotopic (exact) mass is 469 g/mol. The van der Waals surface area contributed by atoms with Gasteiger partial charge in [0.2, 0.25) is 21.8 Å². The SMILES string of the molecule is CC[C@H](C)C(=O)N1CSC[C@@H]1C(=O)Nc1ccc(OC)c(S(=O)(=O)N2CCCCC2)c1. The van der Waals surface area contributed by atoms with Gasteiger partial charge in [0.05, 0.1) is 13.0 Å². The number of piperidine rings is 1. The lowest BCUT2D eigenvalue weighted by Gasteiger charge is -2.27. The average Bonchev–Trinajstić information content (AvgIpc) is 3.28. The van der Waals surface area contributed by atoms with Crippen LogP contribution in [0.25, 0.3) is 0 Å². The number of hydrogen-bond acceptors (Lipinski definition) is 6. The minimum absolute atomic E-state index is 0.0317. The molecule has 2 heterocycles. The Morgan fingerprint density at radius 1 is 1.26 bits per heavy atom. The van der Waals surface area contributed by atoms with Crippen molar-refractivity contribution < 1.29 is 22.7 Å². The summed E-state index contributed by atoms with van der Waals surface area (Å²) in [4.78, 5) is 27.2. The van der Waals surface area contributed by atoms with Crippen LogP contribution in [0, 0.1) is 5.92 Å². The lowest BCUT2D eigenvalue weighted by Crippen LogP contribution is -2.46. The van der Waals surface area contributed by atoms with Crippen LogP contribution in [0.15, 0.2) is 23.1 Å². The predicted molar refractivity (Wildman–Crippen MR) is 122 cm³/mol. The molecule has 2 amide bonds. The number of nitrogens with zero attached hydrogens (tertiary/aromatic N) is 2. The summed E-state index contributed by atoms with van der Waals surface area (Å²) in [6, 6.07) is 4.05. The van der Waals surface area contributed by atoms with Crippen LogP contribution in [0.3, 0.4) is 0 Å². The van der Waals surface area contributed by atoms with Crippen LogP contribution in [0.2, 0.25) is 0 Å². The van der Waals surface area contributed by atoms with Gasteiger partial charge in [-0.05, 0) is 37.5 Å². The van der Waals surface area contributed by atoms with Crippen LogP contribution < -0.4 is 10.1 Å². The van der Waals surface area contributed by atoms with Crippen molar-refractivity contribution in [2.75, 3.05) is 37.1 Å². The molecule has 0 aliphatic carbocycles. The van der Waals surface area contributed by atoms with E-state index in [9.17, 15) is 18.0 Å². The maximum atomic E-state index is 13.2. The Morgan fingerprint density at radius 3 is 2.61 bits per heavy atom. The molecule has 1 aromatic rings. The van der Waals surface area contributed by atoms with E-state index >= 15 is 0 Å². The largest absolute Gasteiger partial charge is 0.495 e. The van der Waals surface area contributed by atoms with Crippen molar-refractivity contribution in [1.29, 1.82) is 0 Å². The zero-order chi connectivity index (χ0) is 22.6. The van der Waals surface area contributed by atoms with E-state index in [1.807, 2.05) is 13.8 Å². The molecule has 8 nitrogen and oxygen atoms in total. The van der Waals surface area contributed by atoms with Gasteiger partial charge in [-0.25, -0.2) is 8.42 Å². The third-order valence-corrected chi connectivity index (χ3v) is 8.80. The number of thioether (sulfide) groups is 1. The highest BCUT2D eigenvalue weighted by Crippen LogP contribution is 2.32. The van der Waals surface area contributed by atoms with E-state index in [1.165, 1.54) is 29.2 Å². The third-order valence-electron chi connectivity index (χ3n) is 5.87. The van der Waals surface area contributed by atoms with Gasteiger partial charge in [-0.2, -0.15) is 4.31 Å². The summed E-state index contributed by atoms with van der Waals surface area (Å²) in [7, 11) is -2.31. The minimum atomic E-state index is -3.73. The van der Waals surface area contributed by atoms with Gasteiger partial charge in [0.15, 0.2) is 0 Å². The van der Waals surface area contributed by atoms with Crippen LogP contribution >= 0.6 is 11.8 Å². The maximum Gasteiger partial charge on any atom is 0.248 e. The number of anilines is 1. The van der Waals surface area contributed by atoms with Crippen molar-refractivity contribution in [3.8, 4) is 5.75 Å². The molecule has 0 saturated carbocycles. The molecule has 0 aromatic heterocycles. The molecular weight excluding hydrogens is 438 g/mol. The number of amides is 2. The number of hydrogen-bond donors (Lipinski definition) is 1. The van der Waals surface area contributed by atoms with Gasteiger partial charge in [0.1, 0.15) is 16.7 Å². The minimum Gasteiger partial charge on any atom is -0.495 e. The zero-order valence-electron chi connectivity index (χ0n) is 18.3. The number of carbonyl (C=O) groups excluding carboxylic acids is 2. The maximum absolute atomic E-state index is 13.2. The molecule has 2 saturated heterocycles. The number of carbonyl (C=O) groups is 2. The first-order valence-electron chi connectivity index (χ1n) is 10.7. The number of sulfonamides is 1. The highest BCUT2D eigenvalue weighted by Gasteiger charge is 2.36. The Morgan fingerprint density at radius 2 is 1.97 bits per heavy atom. The predicted octanol–water partition coefficient (Wildman–Crippen LogP) is 2.76. The van der Waals surface area contributed by atoms with E-state index < -0.39 is 16.1 Å². The molecule has 2 aliphatic heterocycles. The summed E-state index contributed by atoms with van der Waals surface area (Å²) in [5.41, 5.74) is 0.370. The van der Waals surface area contributed by atoms with Crippen LogP contribution in [0.1, 0.15) is 39.5 Å². The zero-order valence-corrected chi connectivity index (χ0v) is 19.9. The van der Waals surface area contributed by atoms with Gasteiger partial charge in [-0.15, -0.1) is 11.8 Å². The van der Waals surface area contributed by atoms with Crippen molar-refractivity contribution in [2.45, 2.75) is 50.5 Å². The molecule has 10 heteroatoms. The van der Waals surface area contributed by atoms with E-state index in [-0.39, 0.29) is 28.4 Å². The third kappa shape index (κ3) is 5.18. The van der Waals surface area contributed by atoms with Gasteiger partial charge in [-0.1, -0.05) is 20.3 Å². The van der Waals surface area contributed by atoms with Crippen LogP contribution in [-0.2, 0) is 19.6 Å². The van der Waals surface area contributed by atoms with E-state index in [2.05, 4.69) is 5.32 Å². The van der Waals surface area contributed by atoms with Crippen molar-refractivity contribution in [2.24, 2.45) is 5.92 Å². The molecule has 0 radical (unpaired) electrons. The standard InChI is InChI=1S/C21H31N3O5S2/c1-4-15(2)21(26)24-14-30-13-17(24)20(25)22-16-8-9-18(29-3)19(12-16)31(27,28)23-10-6-5-7-11-23/h8-9,12,15,17H,4-7,10-11,13-14H2,1-3H3,(H,22,25)/t15-,17+/m0/s1. The Labute approximate surface area is 188 Å². The lowest BCUT2D eigenvalue weighted by molar-refractivity contribution is -0.139. The first-order valence-corrected chi connectivity index (χ1v) is 13.3. The average molecular weight is 470 g/mol. The second-order valence-electron chi connectivity index (χ2n) is 7.95. The molecule has 31 heavy (non-hydrogen) atoms. The quantitative estimate of drug-likeness (QED) is 0.660. The fourth-order valence-corrected chi connectivity index (χ4v) is 6.62. The first kappa shape index (κ1) is 23.9. The van der Waals surface area contributed by atoms with E-state index in [4.69, 9.17) is 4.74 Å². The Hall–Kier alpha value is -1.78. The first-order chi connectivity index (χ1) is 14.8. The summed E-state index contributed by atoms with van der Waals surface area (Å²) in [6.07, 6.45) is 3.39. The van der Waals surface area contributed by atoms with Gasteiger partial charge in [0.25, 0.3) is 0 Å². The number of methoxy groups -OCH3 is 1. The van der Waals surface area contributed by atoms with E-state index in [0.29, 0.717) is 36.8 Å². The molecular formula is C21H31N3O5S2.